The molecule has 2 aliphatic rings. The van der Waals surface area contributed by atoms with E-state index in [-0.39, 0.29) is 105 Å². The molecule has 0 fully saturated rings. The molecule has 0 spiro atoms. The van der Waals surface area contributed by atoms with Gasteiger partial charge in [-0.1, -0.05) is 0 Å². The molecular formula is C40H48N14O12Sr. The summed E-state index contributed by atoms with van der Waals surface area (Å²) in [5.41, 5.74) is 13.1. The van der Waals surface area contributed by atoms with Crippen LogP contribution in [0.2, 0.25) is 0 Å². The molecule has 14 N–H and O–H groups in total. The van der Waals surface area contributed by atoms with E-state index in [4.69, 9.17) is 21.7 Å². The monoisotopic (exact) mass is 1000 g/mol. The van der Waals surface area contributed by atoms with Gasteiger partial charge in [-0.15, -0.1) is 0 Å². The van der Waals surface area contributed by atoms with Crippen LogP contribution in [-0.4, -0.2) is 176 Å². The van der Waals surface area contributed by atoms with Crippen molar-refractivity contribution in [3.05, 3.63) is 80.4 Å². The van der Waals surface area contributed by atoms with E-state index in [1.807, 2.05) is 9.80 Å². The zero-order valence-corrected chi connectivity index (χ0v) is 39.7. The number of H-pyrrole nitrogens is 2. The number of carbonyl (C=O) groups excluding carboxylic acids is 4. The Labute approximate surface area is 417 Å². The molecule has 0 unspecified atom stereocenters. The van der Waals surface area contributed by atoms with Crippen molar-refractivity contribution < 1.29 is 49.2 Å². The number of hydrogen-bond acceptors (Lipinski definition) is 20. The van der Waals surface area contributed by atoms with Crippen LogP contribution < -0.4 is 74.5 Å². The molecule has 0 aliphatic carbocycles. The Balaban J connectivity index is 0.000000288. The van der Waals surface area contributed by atoms with Crippen LogP contribution in [0.3, 0.4) is 0 Å². The maximum absolute atomic E-state index is 12.3. The van der Waals surface area contributed by atoms with E-state index in [0.717, 1.165) is 0 Å². The summed E-state index contributed by atoms with van der Waals surface area (Å²) in [6.07, 6.45) is -1.52. The van der Waals surface area contributed by atoms with Crippen molar-refractivity contribution in [3.8, 4) is 0 Å². The predicted molar refractivity (Wildman–Crippen MR) is 242 cm³/mol. The molecule has 2 aliphatic heterocycles. The second kappa shape index (κ2) is 23.9. The summed E-state index contributed by atoms with van der Waals surface area (Å²) in [5, 5.41) is 56.7. The molecule has 67 heavy (non-hydrogen) atoms. The van der Waals surface area contributed by atoms with Gasteiger partial charge in [-0.2, -0.15) is 9.97 Å². The molecule has 0 saturated heterocycles. The van der Waals surface area contributed by atoms with Crippen LogP contribution in [0.15, 0.2) is 58.1 Å². The van der Waals surface area contributed by atoms with Crippen LogP contribution in [-0.2, 0) is 19.2 Å². The first-order chi connectivity index (χ1) is 31.3. The Kier molecular flexibility index (Phi) is 18.7. The Morgan fingerprint density at radius 3 is 1.33 bits per heavy atom. The molecule has 27 heteroatoms. The molecule has 4 heterocycles. The van der Waals surface area contributed by atoms with Crippen molar-refractivity contribution in [2.24, 2.45) is 0 Å². The van der Waals surface area contributed by atoms with Gasteiger partial charge in [0, 0.05) is 74.7 Å². The van der Waals surface area contributed by atoms with Crippen molar-refractivity contribution in [1.82, 2.24) is 30.6 Å². The third-order valence-electron chi connectivity index (χ3n) is 10.5. The maximum Gasteiger partial charge on any atom is 2.00 e. The number of carboxylic acid groups (broad SMARTS) is 4. The number of rotatable bonds is 18. The number of amides is 2. The van der Waals surface area contributed by atoms with Crippen molar-refractivity contribution >= 4 is 127 Å². The molecule has 0 radical (unpaired) electrons. The number of fused-ring (bicyclic) bond motifs is 2. The fourth-order valence-electron chi connectivity index (χ4n) is 6.83. The van der Waals surface area contributed by atoms with Gasteiger partial charge >= 0.3 is 57.4 Å². The summed E-state index contributed by atoms with van der Waals surface area (Å²) < 4.78 is 0. The first-order valence-electron chi connectivity index (χ1n) is 20.2. The van der Waals surface area contributed by atoms with E-state index in [1.54, 1.807) is 38.4 Å². The number of aromatic nitrogens is 4. The van der Waals surface area contributed by atoms with E-state index in [1.165, 1.54) is 24.3 Å². The van der Waals surface area contributed by atoms with Gasteiger partial charge in [0.25, 0.3) is 22.9 Å². The summed E-state index contributed by atoms with van der Waals surface area (Å²) in [7, 11) is 3.57. The number of nitrogens with two attached hydrogens (primary N) is 2. The Morgan fingerprint density at radius 1 is 0.672 bits per heavy atom. The summed E-state index contributed by atoms with van der Waals surface area (Å²) in [4.78, 5) is 109. The number of benzene rings is 2. The number of nitrogens with one attached hydrogen (secondary N) is 8. The fraction of sp³-hybridized carbons (Fsp3) is 0.350. The van der Waals surface area contributed by atoms with E-state index < -0.39 is 60.6 Å². The van der Waals surface area contributed by atoms with Crippen LogP contribution in [0.1, 0.15) is 46.4 Å². The van der Waals surface area contributed by atoms with Gasteiger partial charge in [-0.3, -0.25) is 29.1 Å². The molecule has 0 bridgehead atoms. The van der Waals surface area contributed by atoms with Gasteiger partial charge in [0.15, 0.2) is 11.6 Å². The van der Waals surface area contributed by atoms with Crippen LogP contribution >= 0.6 is 0 Å². The Bertz CT molecular complexity index is 2380. The van der Waals surface area contributed by atoms with Gasteiger partial charge in [-0.25, -0.2) is 9.59 Å². The average molecular weight is 1000 g/mol. The molecule has 6 rings (SSSR count). The van der Waals surface area contributed by atoms with Gasteiger partial charge in [0.1, 0.15) is 23.5 Å². The smallest absolute Gasteiger partial charge is 0.550 e. The molecule has 4 atom stereocenters. The number of carboxylic acids is 4. The molecule has 4 aromatic rings. The third kappa shape index (κ3) is 14.4. The Morgan fingerprint density at radius 2 is 1.01 bits per heavy atom. The van der Waals surface area contributed by atoms with Crippen molar-refractivity contribution in [3.63, 3.8) is 0 Å². The van der Waals surface area contributed by atoms with Crippen molar-refractivity contribution in [1.29, 1.82) is 0 Å². The summed E-state index contributed by atoms with van der Waals surface area (Å²) in [6, 6.07) is 9.88. The van der Waals surface area contributed by atoms with Gasteiger partial charge < -0.3 is 83.2 Å². The largest absolute Gasteiger partial charge is 2.00 e. The zero-order chi connectivity index (χ0) is 48.2. The van der Waals surface area contributed by atoms with E-state index in [0.29, 0.717) is 60.6 Å². The molecule has 2 aromatic carbocycles. The fourth-order valence-corrected chi connectivity index (χ4v) is 6.83. The maximum atomic E-state index is 12.3. The normalized spacial score (nSPS) is 15.4. The van der Waals surface area contributed by atoms with Gasteiger partial charge in [-0.05, 0) is 74.2 Å². The SMILES string of the molecule is CN1c2c(nc(N)[nH]c2=O)NC[C@@H]1CNc1ccc(C(=O)N[C@@H](CCC(=O)[O-])C(=O)O)cc1.CN1c2c(nc(N)[nH]c2=O)NC[C@@H]1CNc1ccc(C(=O)N[C@@H](CCC(=O)[O-])C(=O)O)cc1.[Sr+2]. The summed E-state index contributed by atoms with van der Waals surface area (Å²) in [6.45, 7) is 2.00. The number of likely N-dealkylation sites (N-methyl/N-ethyl adjacent to an activating group) is 2. The van der Waals surface area contributed by atoms with Crippen LogP contribution in [0.4, 0.5) is 46.3 Å². The van der Waals surface area contributed by atoms with Gasteiger partial charge in [0.05, 0.1) is 12.1 Å². The van der Waals surface area contributed by atoms with Crippen LogP contribution in [0, 0.1) is 0 Å². The topological polar surface area (TPSA) is 411 Å². The molecule has 352 valence electrons. The summed E-state index contributed by atoms with van der Waals surface area (Å²) in [5.74, 6) is -5.79. The molecule has 0 saturated carbocycles. The number of anilines is 8. The molecule has 2 aromatic heterocycles. The Hall–Kier alpha value is -7.10. The number of hydrogen-bond donors (Lipinski definition) is 12. The number of carbonyl (C=O) groups is 6. The minimum atomic E-state index is -1.39. The first kappa shape index (κ1) is 52.5. The van der Waals surface area contributed by atoms with E-state index >= 15 is 0 Å². The molecular weight excluding hydrogens is 956 g/mol. The van der Waals surface area contributed by atoms with Crippen LogP contribution in [0.25, 0.3) is 0 Å². The quantitative estimate of drug-likeness (QED) is 0.0429. The first-order valence-corrected chi connectivity index (χ1v) is 20.2. The summed E-state index contributed by atoms with van der Waals surface area (Å²) >= 11 is 0. The number of aromatic amines is 2. The predicted octanol–water partition coefficient (Wildman–Crippen LogP) is -3.57. The third-order valence-corrected chi connectivity index (χ3v) is 10.5. The second-order valence-electron chi connectivity index (χ2n) is 15.1. The van der Waals surface area contributed by atoms with E-state index in [9.17, 15) is 48.6 Å². The molecule has 2 amide bonds. The van der Waals surface area contributed by atoms with Crippen LogP contribution in [0.5, 0.6) is 0 Å². The average Bonchev–Trinajstić information content (AvgIpc) is 3.25. The minimum Gasteiger partial charge on any atom is -0.550 e. The standard InChI is InChI=1S/2C20H25N7O6.Sr/c2*1-27-12(9-23-16-15(27)18(31)26-20(21)25-16)8-22-11-4-2-10(3-5-11)17(30)24-13(19(32)33)6-7-14(28)29;/h2*2-5,12-13,22H,6-9H2,1H3,(H,24,30)(H,28,29)(H,32,33)(H4,21,23,25,26,31);/q;;+2/p-2/t2*12-,13-;/m00./s1. The van der Waals surface area contributed by atoms with E-state index in [2.05, 4.69) is 51.8 Å². The number of nitrogens with zero attached hydrogens (tertiary/aromatic N) is 4. The van der Waals surface area contributed by atoms with Gasteiger partial charge in [0.2, 0.25) is 11.9 Å². The second-order valence-corrected chi connectivity index (χ2v) is 15.1. The molecule has 26 nitrogen and oxygen atoms in total. The van der Waals surface area contributed by atoms with Crippen molar-refractivity contribution in [2.75, 3.05) is 82.8 Å². The number of nitrogen functional groups attached to an aromatic ring is 2. The van der Waals surface area contributed by atoms with Crippen molar-refractivity contribution in [2.45, 2.75) is 49.9 Å². The number of aliphatic carboxylic acids is 4. The zero-order valence-electron chi connectivity index (χ0n) is 36.2. The minimum absolute atomic E-state index is 0.